The first-order valence-electron chi connectivity index (χ1n) is 9.94. The first-order valence-corrected chi connectivity index (χ1v) is 11.2. The average molecular weight is 439 g/mol. The summed E-state index contributed by atoms with van der Waals surface area (Å²) >= 11 is 1.44. The molecule has 1 saturated carbocycles. The van der Waals surface area contributed by atoms with Gasteiger partial charge in [0.15, 0.2) is 5.17 Å². The number of hydrogen-bond donors (Lipinski definition) is 1. The monoisotopic (exact) mass is 438 g/mol. The second-order valence-electron chi connectivity index (χ2n) is 7.90. The van der Waals surface area contributed by atoms with E-state index in [0.717, 1.165) is 5.56 Å². The molecule has 0 bridgehead atoms. The van der Waals surface area contributed by atoms with Crippen LogP contribution in [-0.4, -0.2) is 60.6 Å². The van der Waals surface area contributed by atoms with Crippen LogP contribution < -0.4 is 10.2 Å². The minimum atomic E-state index is -0.537. The highest BCUT2D eigenvalue weighted by molar-refractivity contribution is 8.13. The third-order valence-electron chi connectivity index (χ3n) is 6.27. The van der Waals surface area contributed by atoms with E-state index in [9.17, 15) is 14.9 Å². The number of ether oxygens (including phenoxy) is 1. The van der Waals surface area contributed by atoms with Crippen molar-refractivity contribution in [2.24, 2.45) is 16.8 Å². The lowest BCUT2D eigenvalue weighted by Gasteiger charge is -2.24. The Balaban J connectivity index is 1.44. The highest BCUT2D eigenvalue weighted by Gasteiger charge is 2.70. The molecule has 0 spiro atoms. The number of piperidine rings is 1. The normalized spacial score (nSPS) is 29.1. The maximum Gasteiger partial charge on any atom is 0.414 e. The largest absolute Gasteiger partial charge is 0.442 e. The van der Waals surface area contributed by atoms with Crippen LogP contribution in [0, 0.1) is 34.6 Å². The van der Waals surface area contributed by atoms with Crippen molar-refractivity contribution in [3.05, 3.63) is 29.8 Å². The Morgan fingerprint density at radius 2 is 1.97 bits per heavy atom. The van der Waals surface area contributed by atoms with Gasteiger partial charge in [-0.2, -0.15) is 10.5 Å². The van der Waals surface area contributed by atoms with Gasteiger partial charge >= 0.3 is 6.09 Å². The molecule has 2 saturated heterocycles. The van der Waals surface area contributed by atoms with Gasteiger partial charge in [-0.05, 0) is 24.0 Å². The summed E-state index contributed by atoms with van der Waals surface area (Å²) in [6, 6.07) is 10.0. The zero-order chi connectivity index (χ0) is 22.2. The van der Waals surface area contributed by atoms with Crippen molar-refractivity contribution in [3.8, 4) is 12.3 Å². The van der Waals surface area contributed by atoms with Crippen LogP contribution in [0.5, 0.6) is 0 Å². The van der Waals surface area contributed by atoms with E-state index >= 15 is 0 Å². The van der Waals surface area contributed by atoms with Crippen LogP contribution in [-0.2, 0) is 14.9 Å². The smallest absolute Gasteiger partial charge is 0.414 e. The third kappa shape index (κ3) is 3.57. The minimum absolute atomic E-state index is 0.169. The quantitative estimate of drug-likeness (QED) is 0.431. The van der Waals surface area contributed by atoms with Crippen molar-refractivity contribution in [2.75, 3.05) is 37.3 Å². The molecular weight excluding hydrogens is 416 g/mol. The van der Waals surface area contributed by atoms with Gasteiger partial charge in [0.1, 0.15) is 6.10 Å². The Hall–Kier alpha value is -3.24. The maximum absolute atomic E-state index is 12.2. The molecule has 2 heterocycles. The molecule has 2 aliphatic heterocycles. The molecular formula is C21H22N6O3S. The van der Waals surface area contributed by atoms with E-state index in [0.29, 0.717) is 30.5 Å². The van der Waals surface area contributed by atoms with Crippen molar-refractivity contribution < 1.29 is 14.3 Å². The van der Waals surface area contributed by atoms with E-state index in [4.69, 9.17) is 10.00 Å². The van der Waals surface area contributed by atoms with Gasteiger partial charge in [0.05, 0.1) is 24.6 Å². The van der Waals surface area contributed by atoms with Gasteiger partial charge in [-0.3, -0.25) is 9.69 Å². The van der Waals surface area contributed by atoms with Crippen molar-refractivity contribution in [2.45, 2.75) is 18.4 Å². The number of cyclic esters (lactones) is 1. The number of rotatable bonds is 4. The molecule has 0 aromatic heterocycles. The summed E-state index contributed by atoms with van der Waals surface area (Å²) in [5.41, 5.74) is 1.11. The van der Waals surface area contributed by atoms with Crippen LogP contribution in [0.25, 0.3) is 0 Å². The van der Waals surface area contributed by atoms with Gasteiger partial charge in [-0.25, -0.2) is 4.79 Å². The predicted molar refractivity (Wildman–Crippen MR) is 115 cm³/mol. The van der Waals surface area contributed by atoms with Crippen molar-refractivity contribution >= 4 is 34.6 Å². The molecule has 2 amide bonds. The number of thioether (sulfide) groups is 1. The summed E-state index contributed by atoms with van der Waals surface area (Å²) in [6.07, 6.45) is 2.89. The fourth-order valence-corrected chi connectivity index (χ4v) is 5.29. The van der Waals surface area contributed by atoms with Crippen LogP contribution in [0.2, 0.25) is 0 Å². The lowest BCUT2D eigenvalue weighted by atomic mass is 9.91. The highest BCUT2D eigenvalue weighted by atomic mass is 32.2. The summed E-state index contributed by atoms with van der Waals surface area (Å²) in [4.78, 5) is 30.8. The van der Waals surface area contributed by atoms with E-state index < -0.39 is 17.6 Å². The molecule has 1 aromatic rings. The molecule has 3 aliphatic rings. The van der Waals surface area contributed by atoms with Crippen LogP contribution in [0.3, 0.4) is 0 Å². The number of nitrogens with one attached hydrogen (secondary N) is 1. The summed E-state index contributed by atoms with van der Waals surface area (Å²) < 4.78 is 5.31. The van der Waals surface area contributed by atoms with E-state index in [1.807, 2.05) is 36.7 Å². The number of nitrogens with zero attached hydrogens (tertiary/aromatic N) is 5. The number of likely N-dealkylation sites (tertiary alicyclic amines) is 1. The fourth-order valence-electron chi connectivity index (χ4n) is 4.75. The molecule has 1 aliphatic carbocycles. The number of carbonyl (C=O) groups excluding carboxylic acids is 2. The van der Waals surface area contributed by atoms with Gasteiger partial charge in [0.2, 0.25) is 12.1 Å². The second kappa shape index (κ2) is 8.12. The van der Waals surface area contributed by atoms with Crippen LogP contribution in [0.15, 0.2) is 29.3 Å². The number of carbonyl (C=O) groups is 2. The Morgan fingerprint density at radius 3 is 2.52 bits per heavy atom. The molecule has 31 heavy (non-hydrogen) atoms. The summed E-state index contributed by atoms with van der Waals surface area (Å²) in [6.45, 7) is 3.45. The van der Waals surface area contributed by atoms with Gasteiger partial charge in [-0.1, -0.05) is 23.9 Å². The van der Waals surface area contributed by atoms with Gasteiger partial charge in [0, 0.05) is 37.5 Å². The summed E-state index contributed by atoms with van der Waals surface area (Å²) in [7, 11) is 0. The summed E-state index contributed by atoms with van der Waals surface area (Å²) in [5, 5.41) is 22.2. The fraction of sp³-hybridized carbons (Fsp3) is 0.476. The number of aliphatic imine (C=N–C) groups is 1. The van der Waals surface area contributed by atoms with E-state index in [-0.39, 0.29) is 24.3 Å². The SMILES string of the molecule is CSC(=NC#N)N1C[C@@H]2[C@H](C1)C2(C#N)c1ccc(N2C[C@H](CNC(C)=O)OC2=O)cc1. The van der Waals surface area contributed by atoms with Gasteiger partial charge in [-0.15, -0.1) is 4.99 Å². The number of amidine groups is 1. The Bertz CT molecular complexity index is 999. The van der Waals surface area contributed by atoms with Crippen molar-refractivity contribution in [1.82, 2.24) is 10.2 Å². The van der Waals surface area contributed by atoms with Crippen molar-refractivity contribution in [1.29, 1.82) is 10.5 Å². The lowest BCUT2D eigenvalue weighted by molar-refractivity contribution is -0.119. The van der Waals surface area contributed by atoms with Crippen LogP contribution in [0.4, 0.5) is 10.5 Å². The molecule has 160 valence electrons. The van der Waals surface area contributed by atoms with Gasteiger partial charge < -0.3 is 15.0 Å². The van der Waals surface area contributed by atoms with E-state index in [1.165, 1.54) is 23.6 Å². The Morgan fingerprint density at radius 1 is 1.29 bits per heavy atom. The number of amides is 2. The number of hydrogen-bond acceptors (Lipinski definition) is 7. The first kappa shape index (κ1) is 21.0. The van der Waals surface area contributed by atoms with Crippen LogP contribution in [0.1, 0.15) is 12.5 Å². The molecule has 9 nitrogen and oxygen atoms in total. The molecule has 10 heteroatoms. The van der Waals surface area contributed by atoms with Gasteiger partial charge in [0.25, 0.3) is 0 Å². The molecule has 0 radical (unpaired) electrons. The van der Waals surface area contributed by atoms with Crippen LogP contribution >= 0.6 is 11.8 Å². The molecule has 1 aromatic carbocycles. The lowest BCUT2D eigenvalue weighted by Crippen LogP contribution is -2.33. The maximum atomic E-state index is 12.2. The minimum Gasteiger partial charge on any atom is -0.442 e. The number of benzene rings is 1. The number of fused-ring (bicyclic) bond motifs is 1. The number of anilines is 1. The highest BCUT2D eigenvalue weighted by Crippen LogP contribution is 2.63. The average Bonchev–Trinajstić information content (AvgIpc) is 3.06. The molecule has 4 atom stereocenters. The number of nitriles is 2. The zero-order valence-electron chi connectivity index (χ0n) is 17.2. The van der Waals surface area contributed by atoms with E-state index in [1.54, 1.807) is 0 Å². The zero-order valence-corrected chi connectivity index (χ0v) is 18.1. The first-order chi connectivity index (χ1) is 14.9. The van der Waals surface area contributed by atoms with Crippen molar-refractivity contribution in [3.63, 3.8) is 0 Å². The molecule has 3 fully saturated rings. The molecule has 1 N–H and O–H groups in total. The second-order valence-corrected chi connectivity index (χ2v) is 8.67. The molecule has 4 rings (SSSR count). The third-order valence-corrected chi connectivity index (χ3v) is 6.99. The predicted octanol–water partition coefficient (Wildman–Crippen LogP) is 1.67. The standard InChI is InChI=1S/C21H22N6O3S/c1-13(28)24-7-16-8-27(20(29)30-16)15-5-3-14(4-6-15)21(11-22)17-9-26(10-18(17)21)19(31-2)25-12-23/h3-6,16-18H,7-10H2,1-2H3,(H,24,28)/t16-,17-,18+,21?/m0/s1. The van der Waals surface area contributed by atoms with E-state index in [2.05, 4.69) is 21.3 Å². The Kier molecular flexibility index (Phi) is 5.50. The molecule has 1 unspecified atom stereocenters. The summed E-state index contributed by atoms with van der Waals surface area (Å²) in [5.74, 6) is 0.217. The topological polar surface area (TPSA) is 122 Å². The Labute approximate surface area is 184 Å².